The molecule has 2 fully saturated rings. The summed E-state index contributed by atoms with van der Waals surface area (Å²) in [5.41, 5.74) is 0.312. The van der Waals surface area contributed by atoms with Crippen LogP contribution in [0.2, 0.25) is 0 Å². The smallest absolute Gasteiger partial charge is 0.271 e. The van der Waals surface area contributed by atoms with E-state index in [2.05, 4.69) is 20.4 Å². The van der Waals surface area contributed by atoms with Crippen molar-refractivity contribution in [2.75, 3.05) is 48.9 Å². The predicted octanol–water partition coefficient (Wildman–Crippen LogP) is 1.93. The number of thioether (sulfide) groups is 1. The first-order valence-corrected chi connectivity index (χ1v) is 11.1. The molecule has 31 heavy (non-hydrogen) atoms. The summed E-state index contributed by atoms with van der Waals surface area (Å²) in [5.74, 6) is 0.598. The molecular formula is C19H24N6O5S. The molecule has 2 saturated heterocycles. The minimum atomic E-state index is -0.495. The zero-order valence-electron chi connectivity index (χ0n) is 16.9. The molecule has 11 nitrogen and oxygen atoms in total. The van der Waals surface area contributed by atoms with Crippen molar-refractivity contribution in [3.63, 3.8) is 0 Å². The molecule has 2 aromatic rings. The molecule has 0 bridgehead atoms. The van der Waals surface area contributed by atoms with Crippen molar-refractivity contribution in [2.24, 2.45) is 0 Å². The average molecular weight is 449 g/mol. The summed E-state index contributed by atoms with van der Waals surface area (Å²) in [6.07, 6.45) is 2.13. The van der Waals surface area contributed by atoms with Gasteiger partial charge in [-0.2, -0.15) is 0 Å². The van der Waals surface area contributed by atoms with Gasteiger partial charge in [0.1, 0.15) is 0 Å². The normalized spacial score (nSPS) is 18.8. The van der Waals surface area contributed by atoms with Crippen molar-refractivity contribution in [3.8, 4) is 0 Å². The lowest BCUT2D eigenvalue weighted by molar-refractivity contribution is -0.384. The van der Waals surface area contributed by atoms with Gasteiger partial charge in [-0.25, -0.2) is 0 Å². The molecular weight excluding hydrogens is 424 g/mol. The number of amides is 1. The van der Waals surface area contributed by atoms with Crippen molar-refractivity contribution < 1.29 is 19.2 Å². The molecule has 1 aromatic heterocycles. The summed E-state index contributed by atoms with van der Waals surface area (Å²) in [6, 6.07) is 5.87. The number of aromatic nitrogens is 3. The molecule has 12 heteroatoms. The third kappa shape index (κ3) is 5.51. The Kier molecular flexibility index (Phi) is 6.99. The number of nitrogens with one attached hydrogen (secondary N) is 1. The third-order valence-corrected chi connectivity index (χ3v) is 6.04. The molecule has 4 rings (SSSR count). The molecule has 1 amide bonds. The number of hydrogen-bond acceptors (Lipinski definition) is 9. The summed E-state index contributed by atoms with van der Waals surface area (Å²) in [4.78, 5) is 25.0. The first kappa shape index (κ1) is 21.5. The maximum atomic E-state index is 12.4. The van der Waals surface area contributed by atoms with E-state index in [1.807, 2.05) is 4.57 Å². The zero-order chi connectivity index (χ0) is 21.6. The number of non-ortho nitro benzene ring substituents is 1. The van der Waals surface area contributed by atoms with E-state index in [1.54, 1.807) is 6.07 Å². The van der Waals surface area contributed by atoms with E-state index in [1.165, 1.54) is 30.0 Å². The van der Waals surface area contributed by atoms with E-state index in [4.69, 9.17) is 9.47 Å². The average Bonchev–Trinajstić information content (AvgIpc) is 3.43. The molecule has 0 saturated carbocycles. The maximum Gasteiger partial charge on any atom is 0.271 e. The van der Waals surface area contributed by atoms with Crippen LogP contribution in [-0.2, 0) is 20.8 Å². The molecule has 166 valence electrons. The largest absolute Gasteiger partial charge is 0.378 e. The lowest BCUT2D eigenvalue weighted by atomic mass is 10.2. The van der Waals surface area contributed by atoms with E-state index < -0.39 is 4.92 Å². The number of benzene rings is 1. The summed E-state index contributed by atoms with van der Waals surface area (Å²) in [5, 5.41) is 22.9. The highest BCUT2D eigenvalue weighted by Gasteiger charge is 2.25. The number of nitrogens with zero attached hydrogens (tertiary/aromatic N) is 5. The Balaban J connectivity index is 1.43. The number of nitro benzene ring substituents is 1. The molecule has 0 spiro atoms. The van der Waals surface area contributed by atoms with Gasteiger partial charge >= 0.3 is 0 Å². The minimum Gasteiger partial charge on any atom is -0.378 e. The Bertz CT molecular complexity index is 926. The van der Waals surface area contributed by atoms with E-state index >= 15 is 0 Å². The highest BCUT2D eigenvalue weighted by atomic mass is 32.2. The number of anilines is 2. The van der Waals surface area contributed by atoms with E-state index in [-0.39, 0.29) is 23.5 Å². The lowest BCUT2D eigenvalue weighted by Crippen LogP contribution is -2.38. The Morgan fingerprint density at radius 2 is 2.13 bits per heavy atom. The van der Waals surface area contributed by atoms with Gasteiger partial charge in [-0.3, -0.25) is 19.5 Å². The van der Waals surface area contributed by atoms with Gasteiger partial charge in [0.15, 0.2) is 5.16 Å². The topological polar surface area (TPSA) is 125 Å². The number of nitro groups is 1. The number of morpholine rings is 1. The van der Waals surface area contributed by atoms with E-state index in [9.17, 15) is 14.9 Å². The number of carbonyl (C=O) groups is 1. The fraction of sp³-hybridized carbons (Fsp3) is 0.526. The van der Waals surface area contributed by atoms with Crippen molar-refractivity contribution in [3.05, 3.63) is 34.4 Å². The van der Waals surface area contributed by atoms with Crippen LogP contribution in [-0.4, -0.2) is 70.4 Å². The molecule has 2 aliphatic rings. The molecule has 0 radical (unpaired) electrons. The Hall–Kier alpha value is -2.70. The first-order valence-electron chi connectivity index (χ1n) is 10.1. The number of carbonyl (C=O) groups excluding carboxylic acids is 1. The van der Waals surface area contributed by atoms with Crippen LogP contribution in [0.4, 0.5) is 17.3 Å². The molecule has 1 N–H and O–H groups in total. The number of hydrogen-bond donors (Lipinski definition) is 1. The van der Waals surface area contributed by atoms with Crippen molar-refractivity contribution in [1.82, 2.24) is 14.8 Å². The van der Waals surface area contributed by atoms with Crippen molar-refractivity contribution in [1.29, 1.82) is 0 Å². The molecule has 1 aromatic carbocycles. The van der Waals surface area contributed by atoms with Crippen molar-refractivity contribution in [2.45, 2.75) is 30.6 Å². The quantitative estimate of drug-likeness (QED) is 0.366. The second kappa shape index (κ2) is 10.1. The standard InChI is InChI=1S/C19H24N6O5S/c26-17(20-14-3-1-4-15(11-14)25(27)28)13-31-19-22-21-18(23-6-9-29-10-7-23)24(19)12-16-5-2-8-30-16/h1,3-4,11,16H,2,5-10,12-13H2,(H,20,26). The van der Waals surface area contributed by atoms with Gasteiger partial charge in [0.2, 0.25) is 11.9 Å². The van der Waals surface area contributed by atoms with Gasteiger partial charge in [0.05, 0.1) is 36.5 Å². The summed E-state index contributed by atoms with van der Waals surface area (Å²) in [7, 11) is 0. The maximum absolute atomic E-state index is 12.4. The summed E-state index contributed by atoms with van der Waals surface area (Å²) in [6.45, 7) is 4.15. The molecule has 0 aliphatic carbocycles. The van der Waals surface area contributed by atoms with Crippen LogP contribution in [0.25, 0.3) is 0 Å². The fourth-order valence-corrected chi connectivity index (χ4v) is 4.30. The molecule has 1 unspecified atom stereocenters. The number of ether oxygens (including phenoxy) is 2. The fourth-order valence-electron chi connectivity index (χ4n) is 3.56. The predicted molar refractivity (Wildman–Crippen MR) is 114 cm³/mol. The van der Waals surface area contributed by atoms with Gasteiger partial charge in [0.25, 0.3) is 5.69 Å². The minimum absolute atomic E-state index is 0.0723. The number of rotatable bonds is 8. The van der Waals surface area contributed by atoms with Crippen LogP contribution in [0.3, 0.4) is 0 Å². The Morgan fingerprint density at radius 3 is 2.87 bits per heavy atom. The molecule has 2 aliphatic heterocycles. The highest BCUT2D eigenvalue weighted by Crippen LogP contribution is 2.26. The monoisotopic (exact) mass is 448 g/mol. The van der Waals surface area contributed by atoms with Crippen LogP contribution in [0.5, 0.6) is 0 Å². The Morgan fingerprint density at radius 1 is 1.29 bits per heavy atom. The Labute approximate surface area is 183 Å². The van der Waals surface area contributed by atoms with Gasteiger partial charge in [-0.05, 0) is 18.9 Å². The third-order valence-electron chi connectivity index (χ3n) is 5.07. The first-order chi connectivity index (χ1) is 15.1. The van der Waals surface area contributed by atoms with Crippen LogP contribution >= 0.6 is 11.8 Å². The second-order valence-electron chi connectivity index (χ2n) is 7.27. The lowest BCUT2D eigenvalue weighted by Gasteiger charge is -2.28. The van der Waals surface area contributed by atoms with Crippen LogP contribution in [0.1, 0.15) is 12.8 Å². The van der Waals surface area contributed by atoms with Gasteiger partial charge in [-0.15, -0.1) is 10.2 Å². The second-order valence-corrected chi connectivity index (χ2v) is 8.21. The van der Waals surface area contributed by atoms with Crippen LogP contribution in [0.15, 0.2) is 29.4 Å². The molecule has 1 atom stereocenters. The van der Waals surface area contributed by atoms with Gasteiger partial charge in [-0.1, -0.05) is 17.8 Å². The van der Waals surface area contributed by atoms with E-state index in [0.29, 0.717) is 30.6 Å². The van der Waals surface area contributed by atoms with Crippen LogP contribution < -0.4 is 10.2 Å². The van der Waals surface area contributed by atoms with Crippen LogP contribution in [0, 0.1) is 10.1 Å². The van der Waals surface area contributed by atoms with Gasteiger partial charge < -0.3 is 19.7 Å². The zero-order valence-corrected chi connectivity index (χ0v) is 17.8. The van der Waals surface area contributed by atoms with E-state index in [0.717, 1.165) is 38.5 Å². The molecule has 3 heterocycles. The van der Waals surface area contributed by atoms with Crippen molar-refractivity contribution >= 4 is 35.0 Å². The SMILES string of the molecule is O=C(CSc1nnc(N2CCOCC2)n1CC1CCCO1)Nc1cccc([N+](=O)[O-])c1. The summed E-state index contributed by atoms with van der Waals surface area (Å²) >= 11 is 1.28. The summed E-state index contributed by atoms with van der Waals surface area (Å²) < 4.78 is 13.3. The highest BCUT2D eigenvalue weighted by molar-refractivity contribution is 7.99. The van der Waals surface area contributed by atoms with Gasteiger partial charge in [0, 0.05) is 37.5 Å².